The van der Waals surface area contributed by atoms with Gasteiger partial charge in [-0.1, -0.05) is 39.0 Å². The minimum atomic E-state index is -4.75. The van der Waals surface area contributed by atoms with E-state index in [1.165, 1.54) is 24.3 Å². The molecule has 204 valence electrons. The lowest BCUT2D eigenvalue weighted by atomic mass is 9.70. The largest absolute Gasteiger partial charge is 0.573 e. The van der Waals surface area contributed by atoms with Crippen LogP contribution in [0, 0.1) is 11.3 Å². The average Bonchev–Trinajstić information content (AvgIpc) is 3.20. The number of aromatic nitrogens is 2. The highest BCUT2D eigenvalue weighted by Crippen LogP contribution is 2.46. The number of ether oxygens (including phenoxy) is 1. The molecule has 1 heterocycles. The summed E-state index contributed by atoms with van der Waals surface area (Å²) in [7, 11) is 0. The smallest absolute Gasteiger partial charge is 0.478 e. The molecule has 0 spiro atoms. The van der Waals surface area contributed by atoms with Crippen molar-refractivity contribution < 1.29 is 27.8 Å². The molecular formula is C30H30F3N3O3. The summed E-state index contributed by atoms with van der Waals surface area (Å²) in [6.45, 7) is 6.80. The number of carbonyl (C=O) groups is 1. The maximum Gasteiger partial charge on any atom is 0.573 e. The molecule has 5 rings (SSSR count). The van der Waals surface area contributed by atoms with Gasteiger partial charge in [-0.25, -0.2) is 9.78 Å². The number of alkyl halides is 3. The van der Waals surface area contributed by atoms with E-state index in [9.17, 15) is 23.1 Å². The van der Waals surface area contributed by atoms with E-state index in [1.807, 2.05) is 24.3 Å². The highest BCUT2D eigenvalue weighted by molar-refractivity contribution is 5.90. The molecule has 2 atom stereocenters. The number of imidazole rings is 1. The second-order valence-electron chi connectivity index (χ2n) is 11.2. The molecule has 1 aliphatic carbocycles. The zero-order valence-corrected chi connectivity index (χ0v) is 21.9. The number of benzene rings is 3. The number of nitrogens with zero attached hydrogens (tertiary/aromatic N) is 2. The van der Waals surface area contributed by atoms with Crippen LogP contribution in [-0.4, -0.2) is 27.0 Å². The van der Waals surface area contributed by atoms with Crippen molar-refractivity contribution >= 4 is 28.6 Å². The van der Waals surface area contributed by atoms with Crippen LogP contribution in [0.4, 0.5) is 24.8 Å². The lowest BCUT2D eigenvalue weighted by Crippen LogP contribution is -2.29. The minimum Gasteiger partial charge on any atom is -0.478 e. The van der Waals surface area contributed by atoms with Gasteiger partial charge in [-0.05, 0) is 90.3 Å². The van der Waals surface area contributed by atoms with Crippen molar-refractivity contribution in [3.63, 3.8) is 0 Å². The van der Waals surface area contributed by atoms with E-state index < -0.39 is 12.3 Å². The van der Waals surface area contributed by atoms with Gasteiger partial charge in [0.2, 0.25) is 5.95 Å². The number of carboxylic acids is 1. The molecule has 1 saturated carbocycles. The van der Waals surface area contributed by atoms with Crippen molar-refractivity contribution in [1.82, 2.24) is 9.55 Å². The Kier molecular flexibility index (Phi) is 6.78. The first-order chi connectivity index (χ1) is 18.4. The van der Waals surface area contributed by atoms with Crippen molar-refractivity contribution in [3.05, 3.63) is 72.3 Å². The zero-order chi connectivity index (χ0) is 27.9. The van der Waals surface area contributed by atoms with Gasteiger partial charge in [0.15, 0.2) is 0 Å². The lowest BCUT2D eigenvalue weighted by molar-refractivity contribution is -0.274. The first kappa shape index (κ1) is 26.6. The van der Waals surface area contributed by atoms with Crippen LogP contribution in [-0.2, 0) is 0 Å². The second-order valence-corrected chi connectivity index (χ2v) is 11.2. The van der Waals surface area contributed by atoms with Gasteiger partial charge in [0.25, 0.3) is 0 Å². The number of halogens is 3. The molecule has 0 amide bonds. The SMILES string of the molecule is CC1C[C@@H](n2c(Nc3ccc(OC(F)(F)F)cc3)nc3cc(-c4cccc(C(=O)O)c4)ccc32)CC(C)(C)C1. The van der Waals surface area contributed by atoms with E-state index in [1.54, 1.807) is 18.2 Å². The molecule has 39 heavy (non-hydrogen) atoms. The molecule has 1 fully saturated rings. The predicted octanol–water partition coefficient (Wildman–Crippen LogP) is 8.43. The molecule has 6 nitrogen and oxygen atoms in total. The Bertz CT molecular complexity index is 1510. The fourth-order valence-electron chi connectivity index (χ4n) is 5.93. The Hall–Kier alpha value is -4.01. The van der Waals surface area contributed by atoms with Crippen LogP contribution < -0.4 is 10.1 Å². The second kappa shape index (κ2) is 9.94. The summed E-state index contributed by atoms with van der Waals surface area (Å²) in [6.07, 6.45) is -1.69. The number of anilines is 2. The maximum absolute atomic E-state index is 12.6. The van der Waals surface area contributed by atoms with Gasteiger partial charge in [0.1, 0.15) is 5.75 Å². The molecule has 1 unspecified atom stereocenters. The first-order valence-corrected chi connectivity index (χ1v) is 12.9. The molecule has 4 aromatic rings. The highest BCUT2D eigenvalue weighted by atomic mass is 19.4. The monoisotopic (exact) mass is 537 g/mol. The maximum atomic E-state index is 12.6. The summed E-state index contributed by atoms with van der Waals surface area (Å²) >= 11 is 0. The summed E-state index contributed by atoms with van der Waals surface area (Å²) in [5.74, 6) is -0.172. The normalized spacial score (nSPS) is 19.1. The fraction of sp³-hybridized carbons (Fsp3) is 0.333. The number of aromatic carboxylic acids is 1. The Morgan fingerprint density at radius 1 is 1.05 bits per heavy atom. The Morgan fingerprint density at radius 2 is 1.77 bits per heavy atom. The molecule has 2 N–H and O–H groups in total. The predicted molar refractivity (Wildman–Crippen MR) is 144 cm³/mol. The molecule has 1 aliphatic rings. The average molecular weight is 538 g/mol. The van der Waals surface area contributed by atoms with Crippen LogP contribution in [0.15, 0.2) is 66.7 Å². The van der Waals surface area contributed by atoms with E-state index >= 15 is 0 Å². The zero-order valence-electron chi connectivity index (χ0n) is 21.9. The molecule has 0 aliphatic heterocycles. The topological polar surface area (TPSA) is 76.4 Å². The number of hydrogen-bond donors (Lipinski definition) is 2. The van der Waals surface area contributed by atoms with Gasteiger partial charge in [-0.2, -0.15) is 0 Å². The van der Waals surface area contributed by atoms with E-state index in [2.05, 4.69) is 35.4 Å². The van der Waals surface area contributed by atoms with E-state index in [-0.39, 0.29) is 22.8 Å². The van der Waals surface area contributed by atoms with Crippen molar-refractivity contribution in [1.29, 1.82) is 0 Å². The Balaban J connectivity index is 1.56. The van der Waals surface area contributed by atoms with Crippen molar-refractivity contribution in [3.8, 4) is 16.9 Å². The van der Waals surface area contributed by atoms with Gasteiger partial charge in [-0.3, -0.25) is 0 Å². The van der Waals surface area contributed by atoms with E-state index in [4.69, 9.17) is 4.98 Å². The van der Waals surface area contributed by atoms with Crippen molar-refractivity contribution in [2.75, 3.05) is 5.32 Å². The van der Waals surface area contributed by atoms with Crippen LogP contribution >= 0.6 is 0 Å². The van der Waals surface area contributed by atoms with Gasteiger partial charge < -0.3 is 19.7 Å². The van der Waals surface area contributed by atoms with E-state index in [0.29, 0.717) is 17.6 Å². The molecule has 0 saturated heterocycles. The summed E-state index contributed by atoms with van der Waals surface area (Å²) in [5.41, 5.74) is 4.22. The fourth-order valence-corrected chi connectivity index (χ4v) is 5.93. The third kappa shape index (κ3) is 6.02. The lowest BCUT2D eigenvalue weighted by Gasteiger charge is -2.40. The van der Waals surface area contributed by atoms with Crippen LogP contribution in [0.1, 0.15) is 56.4 Å². The van der Waals surface area contributed by atoms with Gasteiger partial charge in [0.05, 0.1) is 16.6 Å². The summed E-state index contributed by atoms with van der Waals surface area (Å²) in [6, 6.07) is 18.4. The number of hydrogen-bond acceptors (Lipinski definition) is 4. The number of rotatable bonds is 6. The van der Waals surface area contributed by atoms with Crippen LogP contribution in [0.2, 0.25) is 0 Å². The van der Waals surface area contributed by atoms with Crippen molar-refractivity contribution in [2.45, 2.75) is 52.4 Å². The van der Waals surface area contributed by atoms with E-state index in [0.717, 1.165) is 41.4 Å². The first-order valence-electron chi connectivity index (χ1n) is 12.9. The number of nitrogens with one attached hydrogen (secondary N) is 1. The summed E-state index contributed by atoms with van der Waals surface area (Å²) in [5, 5.41) is 12.7. The quantitative estimate of drug-likeness (QED) is 0.258. The van der Waals surface area contributed by atoms with Gasteiger partial charge in [-0.15, -0.1) is 13.2 Å². The van der Waals surface area contributed by atoms with Gasteiger partial charge >= 0.3 is 12.3 Å². The number of fused-ring (bicyclic) bond motifs is 1. The Labute approximate surface area is 224 Å². The third-order valence-corrected chi connectivity index (χ3v) is 7.21. The van der Waals surface area contributed by atoms with Gasteiger partial charge in [0, 0.05) is 11.7 Å². The van der Waals surface area contributed by atoms with Crippen LogP contribution in [0.25, 0.3) is 22.2 Å². The van der Waals surface area contributed by atoms with Crippen LogP contribution in [0.5, 0.6) is 5.75 Å². The summed E-state index contributed by atoms with van der Waals surface area (Å²) < 4.78 is 44.0. The number of carboxylic acid groups (broad SMARTS) is 1. The Morgan fingerprint density at radius 3 is 2.44 bits per heavy atom. The molecule has 1 aromatic heterocycles. The minimum absolute atomic E-state index is 0.143. The van der Waals surface area contributed by atoms with Crippen LogP contribution in [0.3, 0.4) is 0 Å². The van der Waals surface area contributed by atoms with Crippen molar-refractivity contribution in [2.24, 2.45) is 11.3 Å². The standard InChI is InChI=1S/C30H30F3N3O3/c1-18-13-23(17-29(2,3)16-18)36-26-12-7-20(19-5-4-6-21(14-19)27(37)38)15-25(26)35-28(36)34-22-8-10-24(11-9-22)39-30(31,32)33/h4-12,14-15,18,23H,13,16-17H2,1-3H3,(H,34,35)(H,37,38)/t18?,23-/m1/s1. The summed E-state index contributed by atoms with van der Waals surface area (Å²) in [4.78, 5) is 16.4. The molecule has 0 bridgehead atoms. The molecule has 0 radical (unpaired) electrons. The molecule has 3 aromatic carbocycles. The molecule has 9 heteroatoms. The molecular weight excluding hydrogens is 507 g/mol. The third-order valence-electron chi connectivity index (χ3n) is 7.21. The highest BCUT2D eigenvalue weighted by Gasteiger charge is 2.35.